The molecule has 3 N–H and O–H groups in total. The third-order valence-electron chi connectivity index (χ3n) is 3.43. The molecule has 0 fully saturated rings. The van der Waals surface area contributed by atoms with Crippen LogP contribution in [-0.4, -0.2) is 35.6 Å². The van der Waals surface area contributed by atoms with Gasteiger partial charge in [-0.2, -0.15) is 0 Å². The van der Waals surface area contributed by atoms with E-state index in [9.17, 15) is 14.7 Å². The molecule has 0 radical (unpaired) electrons. The number of rotatable bonds is 7. The van der Waals surface area contributed by atoms with Crippen molar-refractivity contribution in [3.63, 3.8) is 0 Å². The van der Waals surface area contributed by atoms with Crippen LogP contribution in [0, 0.1) is 11.3 Å². The SMILES string of the molecule is CC(C)C(C)(O)CNC(=O)CCCNC(=O)C(C)(C)C. The molecule has 2 amide bonds. The second kappa shape index (κ2) is 7.62. The number of hydrogen-bond acceptors (Lipinski definition) is 3. The molecule has 0 spiro atoms. The summed E-state index contributed by atoms with van der Waals surface area (Å²) in [6, 6.07) is 0. The highest BCUT2D eigenvalue weighted by Crippen LogP contribution is 2.14. The molecule has 0 aromatic rings. The first kappa shape index (κ1) is 18.9. The molecule has 0 aliphatic carbocycles. The van der Waals surface area contributed by atoms with Gasteiger partial charge in [-0.15, -0.1) is 0 Å². The minimum Gasteiger partial charge on any atom is -0.388 e. The minimum atomic E-state index is -0.893. The molecular formula is C15H30N2O3. The maximum Gasteiger partial charge on any atom is 0.225 e. The first-order valence-electron chi connectivity index (χ1n) is 7.24. The van der Waals surface area contributed by atoms with Crippen LogP contribution in [0.2, 0.25) is 0 Å². The Bertz CT molecular complexity index is 331. The number of hydrogen-bond donors (Lipinski definition) is 3. The Morgan fingerprint density at radius 1 is 1.10 bits per heavy atom. The predicted octanol–water partition coefficient (Wildman–Crippen LogP) is 1.45. The lowest BCUT2D eigenvalue weighted by atomic mass is 9.92. The Morgan fingerprint density at radius 3 is 2.10 bits per heavy atom. The molecule has 0 aromatic heterocycles. The van der Waals surface area contributed by atoms with Crippen molar-refractivity contribution in [1.29, 1.82) is 0 Å². The zero-order valence-electron chi connectivity index (χ0n) is 13.7. The number of carbonyl (C=O) groups excluding carboxylic acids is 2. The van der Waals surface area contributed by atoms with E-state index in [1.165, 1.54) is 0 Å². The molecule has 0 aliphatic rings. The van der Waals surface area contributed by atoms with Gasteiger partial charge < -0.3 is 15.7 Å². The van der Waals surface area contributed by atoms with Crippen molar-refractivity contribution in [2.24, 2.45) is 11.3 Å². The summed E-state index contributed by atoms with van der Waals surface area (Å²) in [5.41, 5.74) is -1.30. The monoisotopic (exact) mass is 286 g/mol. The minimum absolute atomic E-state index is 0.0133. The van der Waals surface area contributed by atoms with Gasteiger partial charge in [-0.25, -0.2) is 0 Å². The van der Waals surface area contributed by atoms with Gasteiger partial charge in [-0.1, -0.05) is 34.6 Å². The molecular weight excluding hydrogens is 256 g/mol. The first-order valence-corrected chi connectivity index (χ1v) is 7.24. The van der Waals surface area contributed by atoms with E-state index in [2.05, 4.69) is 10.6 Å². The fraction of sp³-hybridized carbons (Fsp3) is 0.867. The third-order valence-corrected chi connectivity index (χ3v) is 3.43. The summed E-state index contributed by atoms with van der Waals surface area (Å²) in [4.78, 5) is 23.2. The van der Waals surface area contributed by atoms with Crippen LogP contribution in [0.25, 0.3) is 0 Å². The van der Waals surface area contributed by atoms with Crippen LogP contribution in [0.1, 0.15) is 54.4 Å². The van der Waals surface area contributed by atoms with E-state index in [1.54, 1.807) is 6.92 Å². The molecule has 0 heterocycles. The van der Waals surface area contributed by atoms with E-state index in [-0.39, 0.29) is 24.3 Å². The maximum absolute atomic E-state index is 11.6. The maximum atomic E-state index is 11.6. The fourth-order valence-corrected chi connectivity index (χ4v) is 1.29. The van der Waals surface area contributed by atoms with Crippen molar-refractivity contribution in [2.45, 2.75) is 60.0 Å². The molecule has 20 heavy (non-hydrogen) atoms. The second-order valence-corrected chi connectivity index (χ2v) is 6.90. The van der Waals surface area contributed by atoms with Gasteiger partial charge in [0.05, 0.1) is 5.60 Å². The first-order chi connectivity index (χ1) is 8.97. The number of aliphatic hydroxyl groups is 1. The second-order valence-electron chi connectivity index (χ2n) is 6.90. The lowest BCUT2D eigenvalue weighted by Crippen LogP contribution is -2.44. The van der Waals surface area contributed by atoms with Crippen molar-refractivity contribution in [3.05, 3.63) is 0 Å². The van der Waals surface area contributed by atoms with Crippen LogP contribution < -0.4 is 10.6 Å². The van der Waals surface area contributed by atoms with Crippen molar-refractivity contribution in [1.82, 2.24) is 10.6 Å². The van der Waals surface area contributed by atoms with Gasteiger partial charge in [0.1, 0.15) is 0 Å². The average molecular weight is 286 g/mol. The van der Waals surface area contributed by atoms with E-state index in [4.69, 9.17) is 0 Å². The highest BCUT2D eigenvalue weighted by molar-refractivity contribution is 5.81. The van der Waals surface area contributed by atoms with Crippen molar-refractivity contribution >= 4 is 11.8 Å². The van der Waals surface area contributed by atoms with Crippen LogP contribution in [0.15, 0.2) is 0 Å². The molecule has 0 saturated carbocycles. The highest BCUT2D eigenvalue weighted by atomic mass is 16.3. The van der Waals surface area contributed by atoms with Crippen LogP contribution in [-0.2, 0) is 9.59 Å². The van der Waals surface area contributed by atoms with Gasteiger partial charge >= 0.3 is 0 Å². The Hall–Kier alpha value is -1.10. The van der Waals surface area contributed by atoms with E-state index >= 15 is 0 Å². The molecule has 5 heteroatoms. The Balaban J connectivity index is 3.83. The fourth-order valence-electron chi connectivity index (χ4n) is 1.29. The van der Waals surface area contributed by atoms with Crippen molar-refractivity contribution in [3.8, 4) is 0 Å². The number of amides is 2. The normalized spacial score (nSPS) is 14.8. The van der Waals surface area contributed by atoms with Crippen LogP contribution >= 0.6 is 0 Å². The summed E-state index contributed by atoms with van der Waals surface area (Å²) in [5.74, 6) is -0.0366. The lowest BCUT2D eigenvalue weighted by molar-refractivity contribution is -0.128. The zero-order chi connectivity index (χ0) is 16.0. The highest BCUT2D eigenvalue weighted by Gasteiger charge is 2.25. The summed E-state index contributed by atoms with van der Waals surface area (Å²) in [6.45, 7) is 11.8. The Morgan fingerprint density at radius 2 is 1.65 bits per heavy atom. The molecule has 1 atom stereocenters. The van der Waals surface area contributed by atoms with Gasteiger partial charge in [0.2, 0.25) is 11.8 Å². The molecule has 0 rings (SSSR count). The molecule has 5 nitrogen and oxygen atoms in total. The van der Waals surface area contributed by atoms with Crippen LogP contribution in [0.4, 0.5) is 0 Å². The quantitative estimate of drug-likeness (QED) is 0.620. The van der Waals surface area contributed by atoms with E-state index in [1.807, 2.05) is 34.6 Å². The van der Waals surface area contributed by atoms with E-state index in [0.29, 0.717) is 19.4 Å². The summed E-state index contributed by atoms with van der Waals surface area (Å²) in [6.07, 6.45) is 0.941. The molecule has 0 saturated heterocycles. The molecule has 118 valence electrons. The third kappa shape index (κ3) is 7.48. The van der Waals surface area contributed by atoms with Gasteiger partial charge in [0.15, 0.2) is 0 Å². The lowest BCUT2D eigenvalue weighted by Gasteiger charge is -2.27. The average Bonchev–Trinajstić information content (AvgIpc) is 2.30. The summed E-state index contributed by atoms with van der Waals surface area (Å²) >= 11 is 0. The smallest absolute Gasteiger partial charge is 0.225 e. The molecule has 0 aromatic carbocycles. The van der Waals surface area contributed by atoms with Gasteiger partial charge in [0, 0.05) is 24.9 Å². The summed E-state index contributed by atoms with van der Waals surface area (Å²) in [5, 5.41) is 15.5. The number of carbonyl (C=O) groups is 2. The van der Waals surface area contributed by atoms with Gasteiger partial charge in [-0.05, 0) is 19.3 Å². The number of nitrogens with one attached hydrogen (secondary N) is 2. The standard InChI is InChI=1S/C15H30N2O3/c1-11(2)15(6,20)10-17-12(18)8-7-9-16-13(19)14(3,4)5/h11,20H,7-10H2,1-6H3,(H,16,19)(H,17,18). The van der Waals surface area contributed by atoms with E-state index in [0.717, 1.165) is 0 Å². The summed E-state index contributed by atoms with van der Waals surface area (Å²) in [7, 11) is 0. The Kier molecular flexibility index (Phi) is 7.20. The van der Waals surface area contributed by atoms with Gasteiger partial charge in [-0.3, -0.25) is 9.59 Å². The van der Waals surface area contributed by atoms with E-state index < -0.39 is 11.0 Å². The molecule has 0 bridgehead atoms. The summed E-state index contributed by atoms with van der Waals surface area (Å²) < 4.78 is 0. The Labute approximate surface area is 122 Å². The molecule has 1 unspecified atom stereocenters. The zero-order valence-corrected chi connectivity index (χ0v) is 13.7. The largest absolute Gasteiger partial charge is 0.388 e. The van der Waals surface area contributed by atoms with Gasteiger partial charge in [0.25, 0.3) is 0 Å². The topological polar surface area (TPSA) is 78.4 Å². The van der Waals surface area contributed by atoms with Crippen molar-refractivity contribution in [2.75, 3.05) is 13.1 Å². The predicted molar refractivity (Wildman–Crippen MR) is 80.2 cm³/mol. The van der Waals surface area contributed by atoms with Crippen molar-refractivity contribution < 1.29 is 14.7 Å². The van der Waals surface area contributed by atoms with Crippen LogP contribution in [0.5, 0.6) is 0 Å². The molecule has 0 aliphatic heterocycles. The van der Waals surface area contributed by atoms with Crippen LogP contribution in [0.3, 0.4) is 0 Å².